The quantitative estimate of drug-likeness (QED) is 0.230. The zero-order chi connectivity index (χ0) is 29.3. The number of ether oxygens (including phenoxy) is 2. The van der Waals surface area contributed by atoms with Gasteiger partial charge >= 0.3 is 0 Å². The summed E-state index contributed by atoms with van der Waals surface area (Å²) in [5.74, 6) is 1.33. The van der Waals surface area contributed by atoms with Crippen molar-refractivity contribution in [3.63, 3.8) is 0 Å². The molecule has 1 unspecified atom stereocenters. The standard InChI is InChI=1S/C31H33BrN6O3/c1-7-40-26-15-22(14-25(32)29(26)41-16-23-13-19(4)18(3)12-20(23)5)28-27(21(6)33-31-35-36-37-38(28)31)30(39)34-24-10-8-9-17(2)11-24/h8-15,28H,7,16H2,1-6H3,(H,34,39)(H,33,35,37). The number of fused-ring (bicyclic) bond motifs is 1. The molecule has 0 bridgehead atoms. The van der Waals surface area contributed by atoms with Gasteiger partial charge in [0.2, 0.25) is 5.95 Å². The van der Waals surface area contributed by atoms with Gasteiger partial charge in [-0.2, -0.15) is 4.68 Å². The van der Waals surface area contributed by atoms with Gasteiger partial charge in [0.1, 0.15) is 12.6 Å². The van der Waals surface area contributed by atoms with Gasteiger partial charge in [0, 0.05) is 11.4 Å². The predicted molar refractivity (Wildman–Crippen MR) is 162 cm³/mol. The number of allylic oxidation sites excluding steroid dienone is 1. The molecule has 0 radical (unpaired) electrons. The minimum Gasteiger partial charge on any atom is -0.490 e. The normalized spacial score (nSPS) is 14.4. The maximum atomic E-state index is 13.8. The van der Waals surface area contributed by atoms with E-state index in [0.29, 0.717) is 52.1 Å². The number of carbonyl (C=O) groups is 1. The molecule has 0 fully saturated rings. The summed E-state index contributed by atoms with van der Waals surface area (Å²) in [7, 11) is 0. The number of aromatic nitrogens is 4. The van der Waals surface area contributed by atoms with Crippen LogP contribution in [0.2, 0.25) is 0 Å². The van der Waals surface area contributed by atoms with Crippen molar-refractivity contribution in [2.45, 2.75) is 54.2 Å². The van der Waals surface area contributed by atoms with Gasteiger partial charge in [-0.05, 0) is 126 Å². The fourth-order valence-electron chi connectivity index (χ4n) is 5.01. The van der Waals surface area contributed by atoms with Gasteiger partial charge in [0.05, 0.1) is 16.7 Å². The van der Waals surface area contributed by atoms with Crippen LogP contribution in [0.3, 0.4) is 0 Å². The Kier molecular flexibility index (Phi) is 8.12. The Morgan fingerprint density at radius 2 is 1.80 bits per heavy atom. The lowest BCUT2D eigenvalue weighted by Gasteiger charge is -2.28. The zero-order valence-corrected chi connectivity index (χ0v) is 25.6. The van der Waals surface area contributed by atoms with Crippen molar-refractivity contribution in [2.75, 3.05) is 17.2 Å². The van der Waals surface area contributed by atoms with Gasteiger partial charge in [-0.25, -0.2) is 0 Å². The second-order valence-corrected chi connectivity index (χ2v) is 11.1. The van der Waals surface area contributed by atoms with E-state index in [1.807, 2.05) is 57.2 Å². The van der Waals surface area contributed by atoms with Crippen LogP contribution in [0.4, 0.5) is 11.6 Å². The summed E-state index contributed by atoms with van der Waals surface area (Å²) in [6.07, 6.45) is 0. The van der Waals surface area contributed by atoms with E-state index in [4.69, 9.17) is 9.47 Å². The van der Waals surface area contributed by atoms with E-state index in [1.54, 1.807) is 4.68 Å². The van der Waals surface area contributed by atoms with E-state index in [-0.39, 0.29) is 5.91 Å². The minimum atomic E-state index is -0.613. The second-order valence-electron chi connectivity index (χ2n) is 10.3. The molecule has 2 heterocycles. The largest absolute Gasteiger partial charge is 0.490 e. The molecule has 0 saturated heterocycles. The number of hydrogen-bond donors (Lipinski definition) is 2. The molecule has 41 heavy (non-hydrogen) atoms. The Bertz CT molecular complexity index is 1660. The topological polar surface area (TPSA) is 103 Å². The summed E-state index contributed by atoms with van der Waals surface area (Å²) in [5, 5.41) is 18.4. The van der Waals surface area contributed by atoms with Crippen LogP contribution in [0, 0.1) is 27.7 Å². The van der Waals surface area contributed by atoms with Gasteiger partial charge in [-0.3, -0.25) is 4.79 Å². The van der Waals surface area contributed by atoms with Crippen molar-refractivity contribution in [3.05, 3.63) is 97.7 Å². The number of carbonyl (C=O) groups excluding carboxylic acids is 1. The lowest BCUT2D eigenvalue weighted by atomic mass is 9.94. The molecule has 2 N–H and O–H groups in total. The molecule has 3 aromatic carbocycles. The van der Waals surface area contributed by atoms with E-state index in [2.05, 4.69) is 75.0 Å². The predicted octanol–water partition coefficient (Wildman–Crippen LogP) is 6.57. The summed E-state index contributed by atoms with van der Waals surface area (Å²) < 4.78 is 14.7. The summed E-state index contributed by atoms with van der Waals surface area (Å²) in [4.78, 5) is 13.8. The number of amides is 1. The number of nitrogens with zero attached hydrogens (tertiary/aromatic N) is 4. The number of halogens is 1. The van der Waals surface area contributed by atoms with Crippen LogP contribution < -0.4 is 20.1 Å². The number of benzene rings is 3. The Morgan fingerprint density at radius 1 is 1.02 bits per heavy atom. The van der Waals surface area contributed by atoms with Gasteiger partial charge in [0.25, 0.3) is 5.91 Å². The Hall–Kier alpha value is -4.18. The Balaban J connectivity index is 1.53. The van der Waals surface area contributed by atoms with E-state index in [9.17, 15) is 4.79 Å². The third-order valence-electron chi connectivity index (χ3n) is 7.21. The molecule has 1 aromatic heterocycles. The zero-order valence-electron chi connectivity index (χ0n) is 24.0. The molecule has 212 valence electrons. The van der Waals surface area contributed by atoms with E-state index in [1.165, 1.54) is 16.7 Å². The van der Waals surface area contributed by atoms with Crippen LogP contribution >= 0.6 is 15.9 Å². The van der Waals surface area contributed by atoms with Crippen LogP contribution in [0.15, 0.2) is 64.3 Å². The molecular weight excluding hydrogens is 584 g/mol. The maximum Gasteiger partial charge on any atom is 0.255 e. The van der Waals surface area contributed by atoms with Gasteiger partial charge in [-0.15, -0.1) is 0 Å². The average molecular weight is 618 g/mol. The summed E-state index contributed by atoms with van der Waals surface area (Å²) in [6.45, 7) is 12.9. The summed E-state index contributed by atoms with van der Waals surface area (Å²) in [6, 6.07) is 15.2. The minimum absolute atomic E-state index is 0.258. The van der Waals surface area contributed by atoms with Crippen LogP contribution in [-0.4, -0.2) is 32.7 Å². The molecule has 1 amide bonds. The first-order valence-electron chi connectivity index (χ1n) is 13.5. The first-order valence-corrected chi connectivity index (χ1v) is 14.2. The van der Waals surface area contributed by atoms with Crippen molar-refractivity contribution in [3.8, 4) is 11.5 Å². The fourth-order valence-corrected chi connectivity index (χ4v) is 5.58. The molecule has 10 heteroatoms. The molecular formula is C31H33BrN6O3. The smallest absolute Gasteiger partial charge is 0.255 e. The Labute approximate surface area is 248 Å². The highest BCUT2D eigenvalue weighted by Crippen LogP contribution is 2.43. The lowest BCUT2D eigenvalue weighted by molar-refractivity contribution is -0.113. The van der Waals surface area contributed by atoms with Gasteiger partial charge in [0.15, 0.2) is 11.5 Å². The molecule has 0 spiro atoms. The summed E-state index contributed by atoms with van der Waals surface area (Å²) in [5.41, 5.74) is 8.41. The third kappa shape index (κ3) is 5.83. The highest BCUT2D eigenvalue weighted by molar-refractivity contribution is 9.10. The molecule has 4 aromatic rings. The van der Waals surface area contributed by atoms with Gasteiger partial charge in [-0.1, -0.05) is 29.4 Å². The van der Waals surface area contributed by atoms with Crippen LogP contribution in [0.25, 0.3) is 0 Å². The average Bonchev–Trinajstić information content (AvgIpc) is 3.38. The molecule has 1 aliphatic rings. The van der Waals surface area contributed by atoms with Crippen LogP contribution in [-0.2, 0) is 11.4 Å². The molecule has 1 aliphatic heterocycles. The van der Waals surface area contributed by atoms with Crippen LogP contribution in [0.5, 0.6) is 11.5 Å². The molecule has 9 nitrogen and oxygen atoms in total. The number of hydrogen-bond acceptors (Lipinski definition) is 7. The lowest BCUT2D eigenvalue weighted by Crippen LogP contribution is -2.31. The van der Waals surface area contributed by atoms with E-state index in [0.717, 1.165) is 16.7 Å². The van der Waals surface area contributed by atoms with Crippen molar-refractivity contribution >= 4 is 33.5 Å². The van der Waals surface area contributed by atoms with Crippen molar-refractivity contribution in [1.29, 1.82) is 0 Å². The number of aryl methyl sites for hydroxylation is 4. The monoisotopic (exact) mass is 616 g/mol. The van der Waals surface area contributed by atoms with Crippen molar-refractivity contribution in [1.82, 2.24) is 20.2 Å². The van der Waals surface area contributed by atoms with E-state index >= 15 is 0 Å². The van der Waals surface area contributed by atoms with E-state index < -0.39 is 6.04 Å². The van der Waals surface area contributed by atoms with Gasteiger partial charge < -0.3 is 20.1 Å². The molecule has 1 atom stereocenters. The van der Waals surface area contributed by atoms with Crippen LogP contribution in [0.1, 0.15) is 53.3 Å². The fraction of sp³-hybridized carbons (Fsp3) is 0.290. The van der Waals surface area contributed by atoms with Crippen molar-refractivity contribution < 1.29 is 14.3 Å². The highest BCUT2D eigenvalue weighted by atomic mass is 79.9. The second kappa shape index (κ2) is 11.7. The maximum absolute atomic E-state index is 13.8. The first kappa shape index (κ1) is 28.4. The summed E-state index contributed by atoms with van der Waals surface area (Å²) >= 11 is 3.72. The number of rotatable bonds is 8. The SMILES string of the molecule is CCOc1cc(C2C(C(=O)Nc3cccc(C)c3)=C(C)Nc3nnnn32)cc(Br)c1OCc1cc(C)c(C)cc1C. The molecule has 0 aliphatic carbocycles. The Morgan fingerprint density at radius 3 is 2.56 bits per heavy atom. The molecule has 0 saturated carbocycles. The van der Waals surface area contributed by atoms with Crippen molar-refractivity contribution in [2.24, 2.45) is 0 Å². The third-order valence-corrected chi connectivity index (χ3v) is 7.80. The first-order chi connectivity index (χ1) is 19.7. The number of tetrazole rings is 1. The number of nitrogens with one attached hydrogen (secondary N) is 2. The number of anilines is 2. The molecule has 5 rings (SSSR count). The highest BCUT2D eigenvalue weighted by Gasteiger charge is 2.35.